The summed E-state index contributed by atoms with van der Waals surface area (Å²) in [7, 11) is -1.54. The first-order chi connectivity index (χ1) is 11.2. The lowest BCUT2D eigenvalue weighted by molar-refractivity contribution is -0.137. The van der Waals surface area contributed by atoms with Crippen LogP contribution in [0, 0.1) is 0 Å². The third-order valence-corrected chi connectivity index (χ3v) is 4.48. The Morgan fingerprint density at radius 1 is 1.00 bits per heavy atom. The maximum atomic E-state index is 12.7. The number of sulfonamides is 1. The highest BCUT2D eigenvalue weighted by Crippen LogP contribution is 2.36. The van der Waals surface area contributed by atoms with Gasteiger partial charge in [-0.1, -0.05) is 12.1 Å². The minimum absolute atomic E-state index is 0.0502. The molecular formula is C15H14F3NO4S. The maximum absolute atomic E-state index is 12.7. The molecule has 2 aromatic carbocycles. The van der Waals surface area contributed by atoms with E-state index in [0.29, 0.717) is 6.07 Å². The van der Waals surface area contributed by atoms with Crippen molar-refractivity contribution in [2.45, 2.75) is 11.1 Å². The Bertz CT molecular complexity index is 835. The predicted octanol–water partition coefficient (Wildman–Crippen LogP) is 3.52. The monoisotopic (exact) mass is 361 g/mol. The number of nitrogens with one attached hydrogen (secondary N) is 1. The third-order valence-electron chi connectivity index (χ3n) is 3.12. The molecule has 0 atom stereocenters. The van der Waals surface area contributed by atoms with Gasteiger partial charge in [0.2, 0.25) is 0 Å². The molecule has 0 aromatic heterocycles. The summed E-state index contributed by atoms with van der Waals surface area (Å²) in [4.78, 5) is -0.512. The van der Waals surface area contributed by atoms with Crippen LogP contribution in [0.15, 0.2) is 47.4 Å². The Morgan fingerprint density at radius 3 is 2.25 bits per heavy atom. The zero-order valence-electron chi connectivity index (χ0n) is 12.7. The number of methoxy groups -OCH3 is 2. The molecule has 0 saturated carbocycles. The molecule has 2 rings (SSSR count). The molecule has 0 unspecified atom stereocenters. The van der Waals surface area contributed by atoms with E-state index >= 15 is 0 Å². The van der Waals surface area contributed by atoms with Gasteiger partial charge >= 0.3 is 6.18 Å². The quantitative estimate of drug-likeness (QED) is 0.885. The van der Waals surface area contributed by atoms with Gasteiger partial charge in [0.25, 0.3) is 10.0 Å². The van der Waals surface area contributed by atoms with E-state index in [1.165, 1.54) is 26.4 Å². The van der Waals surface area contributed by atoms with Gasteiger partial charge in [0, 0.05) is 0 Å². The maximum Gasteiger partial charge on any atom is 0.416 e. The van der Waals surface area contributed by atoms with E-state index in [0.717, 1.165) is 18.2 Å². The molecule has 0 radical (unpaired) electrons. The van der Waals surface area contributed by atoms with Crippen molar-refractivity contribution in [1.82, 2.24) is 0 Å². The van der Waals surface area contributed by atoms with Gasteiger partial charge < -0.3 is 9.47 Å². The van der Waals surface area contributed by atoms with E-state index in [2.05, 4.69) is 4.72 Å². The summed E-state index contributed by atoms with van der Waals surface area (Å²) >= 11 is 0. The van der Waals surface area contributed by atoms with Gasteiger partial charge in [-0.3, -0.25) is 4.72 Å². The Balaban J connectivity index is 2.43. The first-order valence-electron chi connectivity index (χ1n) is 6.60. The Kier molecular flexibility index (Phi) is 4.93. The van der Waals surface area contributed by atoms with E-state index in [-0.39, 0.29) is 17.2 Å². The van der Waals surface area contributed by atoms with Gasteiger partial charge in [-0.05, 0) is 30.3 Å². The molecule has 0 amide bonds. The van der Waals surface area contributed by atoms with Crippen molar-refractivity contribution >= 4 is 15.7 Å². The van der Waals surface area contributed by atoms with Crippen molar-refractivity contribution in [2.75, 3.05) is 18.9 Å². The molecule has 0 aliphatic heterocycles. The van der Waals surface area contributed by atoms with Gasteiger partial charge in [-0.15, -0.1) is 0 Å². The van der Waals surface area contributed by atoms with Crippen molar-refractivity contribution in [1.29, 1.82) is 0 Å². The van der Waals surface area contributed by atoms with Crippen LogP contribution >= 0.6 is 0 Å². The SMILES string of the molecule is COc1cccc(NS(=O)(=O)c2cccc(C(F)(F)F)c2)c1OC. The highest BCUT2D eigenvalue weighted by Gasteiger charge is 2.31. The van der Waals surface area contributed by atoms with Crippen LogP contribution in [0.4, 0.5) is 18.9 Å². The number of para-hydroxylation sites is 1. The lowest BCUT2D eigenvalue weighted by atomic mass is 10.2. The van der Waals surface area contributed by atoms with Crippen molar-refractivity contribution in [2.24, 2.45) is 0 Å². The molecule has 0 bridgehead atoms. The molecule has 0 aliphatic carbocycles. The smallest absolute Gasteiger partial charge is 0.416 e. The number of rotatable bonds is 5. The molecule has 0 saturated heterocycles. The summed E-state index contributed by atoms with van der Waals surface area (Å²) in [6.07, 6.45) is -4.64. The van der Waals surface area contributed by atoms with E-state index in [1.54, 1.807) is 6.07 Å². The minimum atomic E-state index is -4.64. The Hall–Kier alpha value is -2.42. The van der Waals surface area contributed by atoms with Crippen molar-refractivity contribution < 1.29 is 31.1 Å². The molecule has 1 N–H and O–H groups in total. The first-order valence-corrected chi connectivity index (χ1v) is 8.08. The number of ether oxygens (including phenoxy) is 2. The van der Waals surface area contributed by atoms with Crippen molar-refractivity contribution in [3.05, 3.63) is 48.0 Å². The molecule has 0 aliphatic rings. The Morgan fingerprint density at radius 2 is 1.67 bits per heavy atom. The molecule has 0 spiro atoms. The van der Waals surface area contributed by atoms with Gasteiger partial charge in [-0.2, -0.15) is 13.2 Å². The van der Waals surface area contributed by atoms with Gasteiger partial charge in [0.05, 0.1) is 30.4 Å². The van der Waals surface area contributed by atoms with Gasteiger partial charge in [-0.25, -0.2) is 8.42 Å². The fourth-order valence-electron chi connectivity index (χ4n) is 2.01. The molecule has 0 fully saturated rings. The van der Waals surface area contributed by atoms with Crippen molar-refractivity contribution in [3.8, 4) is 11.5 Å². The average molecular weight is 361 g/mol. The van der Waals surface area contributed by atoms with Crippen LogP contribution in [0.25, 0.3) is 0 Å². The largest absolute Gasteiger partial charge is 0.493 e. The normalized spacial score (nSPS) is 11.9. The van der Waals surface area contributed by atoms with Gasteiger partial charge in [0.1, 0.15) is 0 Å². The Labute approximate surface area is 137 Å². The van der Waals surface area contributed by atoms with Crippen LogP contribution in [0.2, 0.25) is 0 Å². The fourth-order valence-corrected chi connectivity index (χ4v) is 3.12. The van der Waals surface area contributed by atoms with Crippen LogP contribution in [0.5, 0.6) is 11.5 Å². The average Bonchev–Trinajstić information content (AvgIpc) is 2.53. The zero-order valence-corrected chi connectivity index (χ0v) is 13.5. The minimum Gasteiger partial charge on any atom is -0.493 e. The van der Waals surface area contributed by atoms with E-state index in [9.17, 15) is 21.6 Å². The summed E-state index contributed by atoms with van der Waals surface area (Å²) in [6.45, 7) is 0. The topological polar surface area (TPSA) is 64.6 Å². The van der Waals surface area contributed by atoms with E-state index in [4.69, 9.17) is 9.47 Å². The molecular weight excluding hydrogens is 347 g/mol. The number of alkyl halides is 3. The van der Waals surface area contributed by atoms with Crippen LogP contribution in [-0.4, -0.2) is 22.6 Å². The number of hydrogen-bond donors (Lipinski definition) is 1. The molecule has 9 heteroatoms. The second-order valence-electron chi connectivity index (χ2n) is 4.67. The lowest BCUT2D eigenvalue weighted by Crippen LogP contribution is -2.15. The second-order valence-corrected chi connectivity index (χ2v) is 6.35. The van der Waals surface area contributed by atoms with Crippen LogP contribution < -0.4 is 14.2 Å². The number of halogens is 3. The number of anilines is 1. The van der Waals surface area contributed by atoms with Crippen LogP contribution in [-0.2, 0) is 16.2 Å². The molecule has 2 aromatic rings. The molecule has 0 heterocycles. The van der Waals surface area contributed by atoms with Crippen molar-refractivity contribution in [3.63, 3.8) is 0 Å². The summed E-state index contributed by atoms with van der Waals surface area (Å²) in [5, 5.41) is 0. The zero-order chi connectivity index (χ0) is 18.0. The summed E-state index contributed by atoms with van der Waals surface area (Å²) in [5.41, 5.74) is -1.00. The second kappa shape index (κ2) is 6.60. The summed E-state index contributed by atoms with van der Waals surface area (Å²) in [5.74, 6) is 0.400. The van der Waals surface area contributed by atoms with E-state index < -0.39 is 26.7 Å². The van der Waals surface area contributed by atoms with E-state index in [1.807, 2.05) is 0 Å². The first kappa shape index (κ1) is 17.9. The van der Waals surface area contributed by atoms with Crippen LogP contribution in [0.1, 0.15) is 5.56 Å². The highest BCUT2D eigenvalue weighted by atomic mass is 32.2. The van der Waals surface area contributed by atoms with Gasteiger partial charge in [0.15, 0.2) is 11.5 Å². The molecule has 130 valence electrons. The van der Waals surface area contributed by atoms with Crippen LogP contribution in [0.3, 0.4) is 0 Å². The number of hydrogen-bond acceptors (Lipinski definition) is 4. The summed E-state index contributed by atoms with van der Waals surface area (Å²) < 4.78 is 75.3. The third kappa shape index (κ3) is 3.73. The summed E-state index contributed by atoms with van der Waals surface area (Å²) in [6, 6.07) is 7.95. The molecule has 24 heavy (non-hydrogen) atoms. The predicted molar refractivity (Wildman–Crippen MR) is 81.8 cm³/mol. The highest BCUT2D eigenvalue weighted by molar-refractivity contribution is 7.92. The number of benzene rings is 2. The molecule has 5 nitrogen and oxygen atoms in total. The standard InChI is InChI=1S/C15H14F3NO4S/c1-22-13-8-4-7-12(14(13)23-2)19-24(20,21)11-6-3-5-10(9-11)15(16,17)18/h3-9,19H,1-2H3. The fraction of sp³-hybridized carbons (Fsp3) is 0.200. The lowest BCUT2D eigenvalue weighted by Gasteiger charge is -2.15.